The largest absolute Gasteiger partial charge is 0.478 e. The number of anilines is 1. The molecular formula is C21H22ClNO3. The zero-order valence-electron chi connectivity index (χ0n) is 14.7. The summed E-state index contributed by atoms with van der Waals surface area (Å²) in [6, 6.07) is 12.3. The second-order valence-corrected chi connectivity index (χ2v) is 6.45. The highest BCUT2D eigenvalue weighted by molar-refractivity contribution is 6.31. The Morgan fingerprint density at radius 1 is 1.12 bits per heavy atom. The predicted molar refractivity (Wildman–Crippen MR) is 106 cm³/mol. The van der Waals surface area contributed by atoms with Crippen molar-refractivity contribution >= 4 is 35.2 Å². The number of carbonyl (C=O) groups excluding carboxylic acids is 1. The van der Waals surface area contributed by atoms with E-state index in [1.807, 2.05) is 12.1 Å². The average Bonchev–Trinajstić information content (AvgIpc) is 2.61. The van der Waals surface area contributed by atoms with Crippen molar-refractivity contribution in [1.82, 2.24) is 0 Å². The molecule has 0 aliphatic carbocycles. The summed E-state index contributed by atoms with van der Waals surface area (Å²) in [5, 5.41) is 12.1. The van der Waals surface area contributed by atoms with Crippen molar-refractivity contribution in [2.45, 2.75) is 32.6 Å². The first-order valence-corrected chi connectivity index (χ1v) is 8.98. The van der Waals surface area contributed by atoms with Crippen molar-refractivity contribution in [1.29, 1.82) is 0 Å². The lowest BCUT2D eigenvalue weighted by atomic mass is 10.1. The molecule has 0 saturated heterocycles. The molecular weight excluding hydrogens is 350 g/mol. The molecule has 2 aromatic carbocycles. The summed E-state index contributed by atoms with van der Waals surface area (Å²) >= 11 is 5.88. The first-order chi connectivity index (χ1) is 12.5. The minimum absolute atomic E-state index is 0.00687. The van der Waals surface area contributed by atoms with Gasteiger partial charge in [-0.05, 0) is 48.2 Å². The molecule has 0 radical (unpaired) electrons. The van der Waals surface area contributed by atoms with E-state index in [2.05, 4.69) is 24.4 Å². The molecule has 26 heavy (non-hydrogen) atoms. The molecule has 5 heteroatoms. The molecule has 2 N–H and O–H groups in total. The third-order valence-corrected chi connectivity index (χ3v) is 4.18. The molecule has 0 aliphatic heterocycles. The van der Waals surface area contributed by atoms with Crippen LogP contribution in [0, 0.1) is 0 Å². The Morgan fingerprint density at radius 3 is 2.50 bits per heavy atom. The molecule has 0 spiro atoms. The lowest BCUT2D eigenvalue weighted by Gasteiger charge is -2.07. The normalized spacial score (nSPS) is 10.8. The maximum Gasteiger partial charge on any atom is 0.337 e. The van der Waals surface area contributed by atoms with Crippen LogP contribution < -0.4 is 5.32 Å². The Labute approximate surface area is 158 Å². The molecule has 0 aromatic heterocycles. The van der Waals surface area contributed by atoms with E-state index in [4.69, 9.17) is 16.7 Å². The van der Waals surface area contributed by atoms with Gasteiger partial charge in [0, 0.05) is 11.1 Å². The Kier molecular flexibility index (Phi) is 7.42. The van der Waals surface area contributed by atoms with Crippen LogP contribution in [-0.4, -0.2) is 17.0 Å². The molecule has 0 aliphatic rings. The summed E-state index contributed by atoms with van der Waals surface area (Å²) in [6.45, 7) is 2.18. The van der Waals surface area contributed by atoms with Gasteiger partial charge in [0.05, 0.1) is 11.3 Å². The number of carboxylic acids is 1. The van der Waals surface area contributed by atoms with E-state index in [1.54, 1.807) is 6.08 Å². The van der Waals surface area contributed by atoms with Crippen LogP contribution in [0.1, 0.15) is 47.7 Å². The first kappa shape index (κ1) is 19.7. The second kappa shape index (κ2) is 9.78. The zero-order valence-corrected chi connectivity index (χ0v) is 15.4. The fourth-order valence-corrected chi connectivity index (χ4v) is 2.70. The van der Waals surface area contributed by atoms with Crippen molar-refractivity contribution in [3.63, 3.8) is 0 Å². The Hall–Kier alpha value is -2.59. The molecule has 2 rings (SSSR count). The number of carbonyl (C=O) groups is 2. The maximum atomic E-state index is 12.1. The maximum absolute atomic E-state index is 12.1. The summed E-state index contributed by atoms with van der Waals surface area (Å²) in [6.07, 6.45) is 7.73. The van der Waals surface area contributed by atoms with E-state index in [0.29, 0.717) is 5.02 Å². The number of aryl methyl sites for hydroxylation is 1. The number of benzene rings is 2. The number of aromatic carboxylic acids is 1. The predicted octanol–water partition coefficient (Wildman–Crippen LogP) is 5.42. The quantitative estimate of drug-likeness (QED) is 0.480. The van der Waals surface area contributed by atoms with Crippen molar-refractivity contribution in [2.24, 2.45) is 0 Å². The van der Waals surface area contributed by atoms with E-state index in [1.165, 1.54) is 49.1 Å². The van der Waals surface area contributed by atoms with Gasteiger partial charge in [0.25, 0.3) is 0 Å². The lowest BCUT2D eigenvalue weighted by Crippen LogP contribution is -2.12. The molecule has 0 atom stereocenters. The van der Waals surface area contributed by atoms with Crippen LogP contribution in [0.3, 0.4) is 0 Å². The summed E-state index contributed by atoms with van der Waals surface area (Å²) < 4.78 is 0. The van der Waals surface area contributed by atoms with Gasteiger partial charge in [-0.25, -0.2) is 4.79 Å². The zero-order chi connectivity index (χ0) is 18.9. The first-order valence-electron chi connectivity index (χ1n) is 8.60. The monoisotopic (exact) mass is 371 g/mol. The third kappa shape index (κ3) is 6.05. The average molecular weight is 372 g/mol. The molecule has 136 valence electrons. The van der Waals surface area contributed by atoms with E-state index >= 15 is 0 Å². The molecule has 0 bridgehead atoms. The number of nitrogens with one attached hydrogen (secondary N) is 1. The summed E-state index contributed by atoms with van der Waals surface area (Å²) in [5.74, 6) is -1.54. The van der Waals surface area contributed by atoms with Crippen molar-refractivity contribution in [3.05, 3.63) is 70.3 Å². The van der Waals surface area contributed by atoms with Crippen molar-refractivity contribution in [3.8, 4) is 0 Å². The highest BCUT2D eigenvalue weighted by atomic mass is 35.5. The van der Waals surface area contributed by atoms with Gasteiger partial charge in [0.1, 0.15) is 0 Å². The van der Waals surface area contributed by atoms with Crippen LogP contribution in [-0.2, 0) is 11.2 Å². The number of hydrogen-bond donors (Lipinski definition) is 2. The molecule has 0 heterocycles. The molecule has 2 aromatic rings. The van der Waals surface area contributed by atoms with E-state index < -0.39 is 11.9 Å². The Morgan fingerprint density at radius 2 is 1.85 bits per heavy atom. The highest BCUT2D eigenvalue weighted by Crippen LogP contribution is 2.21. The number of carboxylic acid groups (broad SMARTS) is 1. The Bertz CT molecular complexity index is 797. The third-order valence-electron chi connectivity index (χ3n) is 3.95. The summed E-state index contributed by atoms with van der Waals surface area (Å²) in [4.78, 5) is 23.3. The fourth-order valence-electron chi connectivity index (χ4n) is 2.53. The van der Waals surface area contributed by atoms with Gasteiger partial charge in [-0.2, -0.15) is 0 Å². The molecule has 0 unspecified atom stereocenters. The van der Waals surface area contributed by atoms with Crippen LogP contribution >= 0.6 is 11.6 Å². The van der Waals surface area contributed by atoms with Crippen LogP contribution in [0.4, 0.5) is 5.69 Å². The summed E-state index contributed by atoms with van der Waals surface area (Å²) in [5.41, 5.74) is 2.35. The van der Waals surface area contributed by atoms with E-state index in [0.717, 1.165) is 12.0 Å². The fraction of sp³-hybridized carbons (Fsp3) is 0.238. The van der Waals surface area contributed by atoms with Crippen LogP contribution in [0.25, 0.3) is 6.08 Å². The number of hydrogen-bond acceptors (Lipinski definition) is 2. The minimum atomic E-state index is -1.13. The lowest BCUT2D eigenvalue weighted by molar-refractivity contribution is -0.111. The van der Waals surface area contributed by atoms with Crippen molar-refractivity contribution in [2.75, 3.05) is 5.32 Å². The minimum Gasteiger partial charge on any atom is -0.478 e. The molecule has 0 saturated carbocycles. The van der Waals surface area contributed by atoms with Gasteiger partial charge in [-0.15, -0.1) is 0 Å². The number of unbranched alkanes of at least 4 members (excludes halogenated alkanes) is 2. The number of amides is 1. The van der Waals surface area contributed by atoms with Crippen LogP contribution in [0.15, 0.2) is 48.5 Å². The van der Waals surface area contributed by atoms with E-state index in [-0.39, 0.29) is 11.3 Å². The summed E-state index contributed by atoms with van der Waals surface area (Å²) in [7, 11) is 0. The molecule has 0 fully saturated rings. The van der Waals surface area contributed by atoms with Gasteiger partial charge in [0.2, 0.25) is 5.91 Å². The van der Waals surface area contributed by atoms with Crippen LogP contribution in [0.2, 0.25) is 5.02 Å². The topological polar surface area (TPSA) is 66.4 Å². The van der Waals surface area contributed by atoms with Gasteiger partial charge in [0.15, 0.2) is 0 Å². The SMILES string of the molecule is CCCCCc1ccc(C=CC(=O)Nc2cc(Cl)ccc2C(=O)O)cc1. The smallest absolute Gasteiger partial charge is 0.337 e. The Balaban J connectivity index is 1.99. The number of rotatable bonds is 8. The number of halogens is 1. The second-order valence-electron chi connectivity index (χ2n) is 6.02. The van der Waals surface area contributed by atoms with Gasteiger partial charge in [-0.1, -0.05) is 55.6 Å². The standard InChI is InChI=1S/C21H22ClNO3/c1-2-3-4-5-15-6-8-16(9-7-15)10-13-20(24)23-19-14-17(22)11-12-18(19)21(25)26/h6-14H,2-5H2,1H3,(H,23,24)(H,25,26). The van der Waals surface area contributed by atoms with Gasteiger partial charge in [-0.3, -0.25) is 4.79 Å². The highest BCUT2D eigenvalue weighted by Gasteiger charge is 2.11. The van der Waals surface area contributed by atoms with E-state index in [9.17, 15) is 9.59 Å². The van der Waals surface area contributed by atoms with Gasteiger partial charge >= 0.3 is 5.97 Å². The van der Waals surface area contributed by atoms with Gasteiger partial charge < -0.3 is 10.4 Å². The van der Waals surface area contributed by atoms with Crippen molar-refractivity contribution < 1.29 is 14.7 Å². The molecule has 4 nitrogen and oxygen atoms in total. The van der Waals surface area contributed by atoms with Crippen LogP contribution in [0.5, 0.6) is 0 Å². The molecule has 1 amide bonds.